The molecule has 0 fully saturated rings. The van der Waals surface area contributed by atoms with Crippen LogP contribution in [0.25, 0.3) is 0 Å². The van der Waals surface area contributed by atoms with Crippen LogP contribution in [-0.2, 0) is 0 Å². The monoisotopic (exact) mass is 133 g/mol. The summed E-state index contributed by atoms with van der Waals surface area (Å²) in [5.41, 5.74) is 0. The van der Waals surface area contributed by atoms with Gasteiger partial charge in [-0.15, -0.1) is 11.7 Å². The molecule has 1 heterocycles. The van der Waals surface area contributed by atoms with Gasteiger partial charge in [-0.2, -0.15) is 0 Å². The molecule has 38 valence electrons. The molecule has 0 saturated carbocycles. The lowest BCUT2D eigenvalue weighted by atomic mass is 10.8. The van der Waals surface area contributed by atoms with E-state index in [0.29, 0.717) is 0 Å². The number of thiol groups is 1. The van der Waals surface area contributed by atoms with Crippen LogP contribution in [0.2, 0.25) is 0 Å². The van der Waals surface area contributed by atoms with Gasteiger partial charge in [0.25, 0.3) is 0 Å². The van der Waals surface area contributed by atoms with Crippen LogP contribution in [-0.4, -0.2) is 5.16 Å². The molecule has 0 amide bonds. The molecule has 0 saturated heterocycles. The molecule has 0 aromatic carbocycles. The first-order valence-corrected chi connectivity index (χ1v) is 3.52. The second kappa shape index (κ2) is 2.28. The second-order valence-electron chi connectivity index (χ2n) is 0.929. The van der Waals surface area contributed by atoms with Crippen molar-refractivity contribution in [1.82, 2.24) is 5.16 Å². The topological polar surface area (TPSA) is 26.0 Å². The third-order valence-electron chi connectivity index (χ3n) is 0.508. The summed E-state index contributed by atoms with van der Waals surface area (Å²) in [4.78, 5) is 0. The third kappa shape index (κ3) is 1.14. The van der Waals surface area contributed by atoms with Crippen molar-refractivity contribution in [2.45, 2.75) is 5.03 Å². The molecule has 0 spiro atoms. The summed E-state index contributed by atoms with van der Waals surface area (Å²) in [6.45, 7) is 0. The number of rotatable bonds is 1. The third-order valence-corrected chi connectivity index (χ3v) is 1.47. The van der Waals surface area contributed by atoms with Crippen LogP contribution in [0.15, 0.2) is 21.9 Å². The van der Waals surface area contributed by atoms with Crippen LogP contribution in [0.4, 0.5) is 0 Å². The van der Waals surface area contributed by atoms with Crippen molar-refractivity contribution in [2.24, 2.45) is 0 Å². The molecule has 0 aliphatic heterocycles. The molecular weight excluding hydrogens is 130 g/mol. The van der Waals surface area contributed by atoms with Crippen LogP contribution in [0.1, 0.15) is 0 Å². The van der Waals surface area contributed by atoms with Gasteiger partial charge in [-0.1, -0.05) is 5.16 Å². The van der Waals surface area contributed by atoms with E-state index in [1.807, 2.05) is 0 Å². The van der Waals surface area contributed by atoms with Gasteiger partial charge < -0.3 is 4.52 Å². The number of hydrogen-bond acceptors (Lipinski definition) is 4. The van der Waals surface area contributed by atoms with Crippen molar-refractivity contribution in [3.05, 3.63) is 12.3 Å². The van der Waals surface area contributed by atoms with Gasteiger partial charge in [-0.05, 0) is 10.8 Å². The van der Waals surface area contributed by atoms with E-state index < -0.39 is 0 Å². The molecule has 0 bridgehead atoms. The maximum Gasteiger partial charge on any atom is 0.149 e. The fourth-order valence-electron chi connectivity index (χ4n) is 0.249. The Morgan fingerprint density at radius 1 is 1.86 bits per heavy atom. The van der Waals surface area contributed by atoms with Crippen molar-refractivity contribution in [2.75, 3.05) is 0 Å². The zero-order chi connectivity index (χ0) is 5.11. The zero-order valence-corrected chi connectivity index (χ0v) is 5.08. The van der Waals surface area contributed by atoms with Crippen LogP contribution >= 0.6 is 22.5 Å². The Morgan fingerprint density at radius 3 is 3.00 bits per heavy atom. The first kappa shape index (κ1) is 5.05. The standard InChI is InChI=1S/C3H3NOS2/c6-7-3-1-2-5-4-3/h1-2,6H. The highest BCUT2D eigenvalue weighted by Crippen LogP contribution is 2.17. The molecule has 0 atom stereocenters. The van der Waals surface area contributed by atoms with Gasteiger partial charge in [-0.25, -0.2) is 0 Å². The summed E-state index contributed by atoms with van der Waals surface area (Å²) in [6.07, 6.45) is 1.51. The Labute approximate surface area is 50.1 Å². The van der Waals surface area contributed by atoms with Gasteiger partial charge in [0.15, 0.2) is 0 Å². The van der Waals surface area contributed by atoms with Gasteiger partial charge in [0.1, 0.15) is 11.3 Å². The minimum absolute atomic E-state index is 0.795. The Morgan fingerprint density at radius 2 is 2.71 bits per heavy atom. The SMILES string of the molecule is SSc1ccon1. The summed E-state index contributed by atoms with van der Waals surface area (Å²) in [5.74, 6) is 0. The van der Waals surface area contributed by atoms with Crippen molar-refractivity contribution >= 4 is 22.5 Å². The smallest absolute Gasteiger partial charge is 0.149 e. The average molecular weight is 133 g/mol. The predicted octanol–water partition coefficient (Wildman–Crippen LogP) is 1.61. The van der Waals surface area contributed by atoms with Crippen LogP contribution in [0, 0.1) is 0 Å². The van der Waals surface area contributed by atoms with Gasteiger partial charge in [0.2, 0.25) is 0 Å². The Hall–Kier alpha value is -0.0900. The first-order valence-electron chi connectivity index (χ1n) is 1.65. The van der Waals surface area contributed by atoms with Crippen LogP contribution < -0.4 is 0 Å². The largest absolute Gasteiger partial charge is 0.364 e. The number of nitrogens with zero attached hydrogens (tertiary/aromatic N) is 1. The minimum Gasteiger partial charge on any atom is -0.364 e. The van der Waals surface area contributed by atoms with Crippen molar-refractivity contribution < 1.29 is 4.52 Å². The summed E-state index contributed by atoms with van der Waals surface area (Å²) in [5, 5.41) is 4.34. The quantitative estimate of drug-likeness (QED) is 0.465. The van der Waals surface area contributed by atoms with Crippen molar-refractivity contribution in [3.63, 3.8) is 0 Å². The highest BCUT2D eigenvalue weighted by Gasteiger charge is 1.88. The van der Waals surface area contributed by atoms with E-state index in [9.17, 15) is 0 Å². The molecule has 7 heavy (non-hydrogen) atoms. The number of aromatic nitrogens is 1. The fourth-order valence-corrected chi connectivity index (χ4v) is 0.724. The predicted molar refractivity (Wildman–Crippen MR) is 31.3 cm³/mol. The van der Waals surface area contributed by atoms with Gasteiger partial charge >= 0.3 is 0 Å². The fraction of sp³-hybridized carbons (Fsp3) is 0. The lowest BCUT2D eigenvalue weighted by Gasteiger charge is -1.73. The van der Waals surface area contributed by atoms with Gasteiger partial charge in [0, 0.05) is 6.07 Å². The van der Waals surface area contributed by atoms with E-state index in [2.05, 4.69) is 21.3 Å². The lowest BCUT2D eigenvalue weighted by molar-refractivity contribution is 0.404. The Bertz CT molecular complexity index is 127. The molecule has 0 unspecified atom stereocenters. The van der Waals surface area contributed by atoms with E-state index in [1.54, 1.807) is 6.07 Å². The van der Waals surface area contributed by atoms with E-state index in [0.717, 1.165) is 5.03 Å². The van der Waals surface area contributed by atoms with E-state index in [4.69, 9.17) is 0 Å². The molecule has 1 aromatic rings. The van der Waals surface area contributed by atoms with Crippen LogP contribution in [0.5, 0.6) is 0 Å². The molecule has 0 radical (unpaired) electrons. The molecule has 0 N–H and O–H groups in total. The molecule has 1 aromatic heterocycles. The van der Waals surface area contributed by atoms with Crippen LogP contribution in [0.3, 0.4) is 0 Å². The molecule has 4 heteroatoms. The van der Waals surface area contributed by atoms with E-state index in [1.165, 1.54) is 17.1 Å². The maximum atomic E-state index is 4.49. The molecule has 2 nitrogen and oxygen atoms in total. The van der Waals surface area contributed by atoms with Gasteiger partial charge in [0.05, 0.1) is 0 Å². The summed E-state index contributed by atoms with van der Waals surface area (Å²) in [6, 6.07) is 1.75. The van der Waals surface area contributed by atoms with E-state index >= 15 is 0 Å². The molecule has 1 rings (SSSR count). The molecular formula is C3H3NOS2. The summed E-state index contributed by atoms with van der Waals surface area (Å²) >= 11 is 3.87. The minimum atomic E-state index is 0.795. The van der Waals surface area contributed by atoms with Crippen molar-refractivity contribution in [3.8, 4) is 0 Å². The average Bonchev–Trinajstić information content (AvgIpc) is 2.14. The summed E-state index contributed by atoms with van der Waals surface area (Å²) in [7, 11) is 1.27. The highest BCUT2D eigenvalue weighted by atomic mass is 33.1. The van der Waals surface area contributed by atoms with Crippen molar-refractivity contribution in [1.29, 1.82) is 0 Å². The Balaban J connectivity index is 2.76. The maximum absolute atomic E-state index is 4.49. The Kier molecular flexibility index (Phi) is 1.64. The molecule has 0 aliphatic rings. The van der Waals surface area contributed by atoms with Gasteiger partial charge in [-0.3, -0.25) is 0 Å². The highest BCUT2D eigenvalue weighted by molar-refractivity contribution is 8.68. The zero-order valence-electron chi connectivity index (χ0n) is 3.37. The number of hydrogen-bond donors (Lipinski definition) is 1. The molecule has 0 aliphatic carbocycles. The first-order chi connectivity index (χ1) is 3.43. The summed E-state index contributed by atoms with van der Waals surface area (Å²) < 4.78 is 4.49. The lowest BCUT2D eigenvalue weighted by Crippen LogP contribution is -1.56. The second-order valence-corrected chi connectivity index (χ2v) is 2.08. The van der Waals surface area contributed by atoms with E-state index in [-0.39, 0.29) is 0 Å². The normalized spacial score (nSPS) is 9.29.